The number of para-hydroxylation sites is 2. The minimum absolute atomic E-state index is 0.567. The highest BCUT2D eigenvalue weighted by atomic mass is 16.3. The van der Waals surface area contributed by atoms with Crippen molar-refractivity contribution in [1.29, 1.82) is 0 Å². The number of hydrogen-bond acceptors (Lipinski definition) is 5. The van der Waals surface area contributed by atoms with Crippen LogP contribution in [0.3, 0.4) is 0 Å². The number of fused-ring (bicyclic) bond motifs is 9. The highest BCUT2D eigenvalue weighted by Crippen LogP contribution is 2.44. The summed E-state index contributed by atoms with van der Waals surface area (Å²) in [7, 11) is 0. The van der Waals surface area contributed by atoms with Crippen molar-refractivity contribution in [2.24, 2.45) is 0 Å². The summed E-state index contributed by atoms with van der Waals surface area (Å²) in [6, 6.07) is 80.5. The lowest BCUT2D eigenvalue weighted by Gasteiger charge is -2.15. The van der Waals surface area contributed by atoms with Crippen molar-refractivity contribution in [3.63, 3.8) is 0 Å². The Hall–Kier alpha value is -9.39. The number of hydrogen-bond donors (Lipinski definition) is 0. The van der Waals surface area contributed by atoms with E-state index in [1.165, 1.54) is 21.9 Å². The summed E-state index contributed by atoms with van der Waals surface area (Å²) in [6.07, 6.45) is 0. The van der Waals surface area contributed by atoms with Gasteiger partial charge in [-0.3, -0.25) is 0 Å². The highest BCUT2D eigenvalue weighted by Gasteiger charge is 2.22. The third-order valence-corrected chi connectivity index (χ3v) is 13.5. The number of rotatable bonds is 7. The fourth-order valence-corrected chi connectivity index (χ4v) is 10.2. The second-order valence-corrected chi connectivity index (χ2v) is 17.5. The molecule has 69 heavy (non-hydrogen) atoms. The van der Waals surface area contributed by atoms with E-state index < -0.39 is 0 Å². The second kappa shape index (κ2) is 15.6. The molecule has 4 aromatic heterocycles. The first-order valence-electron chi connectivity index (χ1n) is 23.2. The minimum atomic E-state index is 0.567. The summed E-state index contributed by atoms with van der Waals surface area (Å²) < 4.78 is 15.7. The van der Waals surface area contributed by atoms with E-state index in [1.54, 1.807) is 0 Å². The Balaban J connectivity index is 0.984. The fraction of sp³-hybridized carbons (Fsp3) is 0. The molecule has 14 rings (SSSR count). The Kier molecular flexibility index (Phi) is 8.79. The van der Waals surface area contributed by atoms with Gasteiger partial charge in [0.2, 0.25) is 0 Å². The van der Waals surface area contributed by atoms with Crippen molar-refractivity contribution < 1.29 is 8.83 Å². The van der Waals surface area contributed by atoms with Crippen LogP contribution in [-0.4, -0.2) is 19.5 Å². The molecule has 0 aliphatic heterocycles. The summed E-state index contributed by atoms with van der Waals surface area (Å²) in [6.45, 7) is 0. The van der Waals surface area contributed by atoms with E-state index >= 15 is 0 Å². The van der Waals surface area contributed by atoms with Crippen molar-refractivity contribution in [2.45, 2.75) is 0 Å². The first-order valence-corrected chi connectivity index (χ1v) is 23.2. The molecular weight excluding hydrogens is 845 g/mol. The maximum atomic E-state index is 6.68. The Morgan fingerprint density at radius 2 is 0.797 bits per heavy atom. The quantitative estimate of drug-likeness (QED) is 0.159. The van der Waals surface area contributed by atoms with Crippen LogP contribution in [0.15, 0.2) is 239 Å². The second-order valence-electron chi connectivity index (χ2n) is 17.5. The molecule has 0 fully saturated rings. The Morgan fingerprint density at radius 1 is 0.275 bits per heavy atom. The fourth-order valence-electron chi connectivity index (χ4n) is 10.2. The zero-order chi connectivity index (χ0) is 45.4. The van der Waals surface area contributed by atoms with Gasteiger partial charge in [-0.1, -0.05) is 176 Å². The number of furan rings is 2. The summed E-state index contributed by atoms with van der Waals surface area (Å²) in [5.41, 5.74) is 15.8. The molecule has 0 spiro atoms. The molecule has 0 unspecified atom stereocenters. The van der Waals surface area contributed by atoms with Gasteiger partial charge >= 0.3 is 0 Å². The first kappa shape index (κ1) is 38.8. The van der Waals surface area contributed by atoms with Gasteiger partial charge in [-0.2, -0.15) is 0 Å². The van der Waals surface area contributed by atoms with Gasteiger partial charge in [0.05, 0.1) is 16.7 Å². The van der Waals surface area contributed by atoms with Crippen molar-refractivity contribution in [3.05, 3.63) is 231 Å². The molecule has 0 atom stereocenters. The smallest absolute Gasteiger partial charge is 0.164 e. The molecule has 6 heteroatoms. The van der Waals surface area contributed by atoms with Crippen LogP contribution in [0.5, 0.6) is 0 Å². The van der Waals surface area contributed by atoms with Crippen LogP contribution >= 0.6 is 0 Å². The summed E-state index contributed by atoms with van der Waals surface area (Å²) >= 11 is 0. The standard InChI is InChI=1S/C63H38N4O2/c1-4-15-39(16-5-1)41-27-29-43(30-28-41)62-64-61(42-19-8-3-9-20-42)65-63(66-62)48-23-14-26-58-60(48)52-36-45(32-34-57(52)68-58)49-37-51-47-22-11-13-25-56(47)69-59(51)38-55(49)67-53-24-12-10-21-46(53)50-35-44(31-33-54(50)67)40-17-6-2-7-18-40/h1-38H. The monoisotopic (exact) mass is 882 g/mol. The molecule has 0 bridgehead atoms. The molecule has 0 aliphatic carbocycles. The van der Waals surface area contributed by atoms with Gasteiger partial charge in [-0.05, 0) is 76.3 Å². The van der Waals surface area contributed by atoms with E-state index in [9.17, 15) is 0 Å². The van der Waals surface area contributed by atoms with Crippen molar-refractivity contribution in [1.82, 2.24) is 19.5 Å². The van der Waals surface area contributed by atoms with E-state index in [2.05, 4.69) is 174 Å². The van der Waals surface area contributed by atoms with Gasteiger partial charge in [0, 0.05) is 60.6 Å². The normalized spacial score (nSPS) is 11.8. The van der Waals surface area contributed by atoms with Crippen LogP contribution in [-0.2, 0) is 0 Å². The number of nitrogens with zero attached hydrogens (tertiary/aromatic N) is 4. The Bertz CT molecular complexity index is 4290. The third kappa shape index (κ3) is 6.45. The van der Waals surface area contributed by atoms with E-state index in [0.29, 0.717) is 17.5 Å². The van der Waals surface area contributed by atoms with Crippen molar-refractivity contribution in [3.8, 4) is 73.2 Å². The molecule has 322 valence electrons. The number of aromatic nitrogens is 4. The largest absolute Gasteiger partial charge is 0.456 e. The molecule has 10 aromatic carbocycles. The lowest BCUT2D eigenvalue weighted by atomic mass is 9.97. The van der Waals surface area contributed by atoms with Crippen LogP contribution in [0.4, 0.5) is 0 Å². The average molecular weight is 883 g/mol. The van der Waals surface area contributed by atoms with Crippen LogP contribution in [0, 0.1) is 0 Å². The van der Waals surface area contributed by atoms with Gasteiger partial charge in [-0.15, -0.1) is 0 Å². The van der Waals surface area contributed by atoms with E-state index in [0.717, 1.165) is 99.5 Å². The van der Waals surface area contributed by atoms with Gasteiger partial charge < -0.3 is 13.4 Å². The predicted octanol–water partition coefficient (Wildman–Crippen LogP) is 16.8. The zero-order valence-corrected chi connectivity index (χ0v) is 37.0. The molecule has 4 heterocycles. The molecule has 0 radical (unpaired) electrons. The predicted molar refractivity (Wildman–Crippen MR) is 281 cm³/mol. The highest BCUT2D eigenvalue weighted by molar-refractivity contribution is 6.15. The summed E-state index contributed by atoms with van der Waals surface area (Å²) in [4.78, 5) is 15.5. The molecule has 0 N–H and O–H groups in total. The van der Waals surface area contributed by atoms with Gasteiger partial charge in [0.1, 0.15) is 22.3 Å². The number of benzene rings is 10. The molecule has 0 saturated heterocycles. The van der Waals surface area contributed by atoms with Crippen LogP contribution < -0.4 is 0 Å². The van der Waals surface area contributed by atoms with Crippen LogP contribution in [0.25, 0.3) is 139 Å². The topological polar surface area (TPSA) is 69.9 Å². The van der Waals surface area contributed by atoms with Gasteiger partial charge in [-0.25, -0.2) is 15.0 Å². The lowest BCUT2D eigenvalue weighted by molar-refractivity contribution is 0.668. The Morgan fingerprint density at radius 3 is 1.57 bits per heavy atom. The van der Waals surface area contributed by atoms with Crippen molar-refractivity contribution in [2.75, 3.05) is 0 Å². The average Bonchev–Trinajstić information content (AvgIpc) is 4.10. The van der Waals surface area contributed by atoms with Crippen LogP contribution in [0.2, 0.25) is 0 Å². The lowest BCUT2D eigenvalue weighted by Crippen LogP contribution is -2.00. The molecule has 0 aliphatic rings. The SMILES string of the molecule is c1ccc(-c2ccc(-c3nc(-c4ccccc4)nc(-c4cccc5oc6ccc(-c7cc8c(cc7-n7c9ccccc9c9cc(-c%10ccccc%10)ccc97)oc7ccccc78)cc6c45)n3)cc2)cc1. The van der Waals surface area contributed by atoms with Crippen LogP contribution in [0.1, 0.15) is 0 Å². The molecular formula is C63H38N4O2. The minimum Gasteiger partial charge on any atom is -0.456 e. The maximum absolute atomic E-state index is 6.68. The zero-order valence-electron chi connectivity index (χ0n) is 37.0. The van der Waals surface area contributed by atoms with E-state index in [1.807, 2.05) is 60.7 Å². The van der Waals surface area contributed by atoms with Gasteiger partial charge in [0.15, 0.2) is 17.5 Å². The van der Waals surface area contributed by atoms with Crippen molar-refractivity contribution >= 4 is 65.7 Å². The van der Waals surface area contributed by atoms with E-state index in [4.69, 9.17) is 23.8 Å². The molecule has 14 aromatic rings. The first-order chi connectivity index (χ1) is 34.2. The summed E-state index contributed by atoms with van der Waals surface area (Å²) in [5.74, 6) is 1.76. The molecule has 6 nitrogen and oxygen atoms in total. The third-order valence-electron chi connectivity index (χ3n) is 13.5. The van der Waals surface area contributed by atoms with Gasteiger partial charge in [0.25, 0.3) is 0 Å². The van der Waals surface area contributed by atoms with E-state index in [-0.39, 0.29) is 0 Å². The molecule has 0 amide bonds. The molecule has 0 saturated carbocycles. The Labute approximate surface area is 396 Å². The summed E-state index contributed by atoms with van der Waals surface area (Å²) in [5, 5.41) is 6.39. The maximum Gasteiger partial charge on any atom is 0.164 e.